The van der Waals surface area contributed by atoms with Gasteiger partial charge in [0.15, 0.2) is 5.84 Å². The normalized spacial score (nSPS) is 16.4. The average Bonchev–Trinajstić information content (AvgIpc) is 2.22. The van der Waals surface area contributed by atoms with E-state index in [4.69, 9.17) is 16.0 Å². The average molecular weight is 257 g/mol. The summed E-state index contributed by atoms with van der Waals surface area (Å²) in [4.78, 5) is 1.31. The maximum Gasteiger partial charge on any atom is 0.400 e. The van der Waals surface area contributed by atoms with Crippen molar-refractivity contribution in [1.82, 2.24) is 4.90 Å². The topological polar surface area (TPSA) is 82.1 Å². The van der Waals surface area contributed by atoms with Crippen molar-refractivity contribution >= 4 is 5.84 Å². The zero-order chi connectivity index (χ0) is 13.9. The van der Waals surface area contributed by atoms with Crippen molar-refractivity contribution in [3.8, 4) is 0 Å². The first kappa shape index (κ1) is 16.0. The number of rotatable bonds is 5. The minimum Gasteiger partial charge on any atom is -0.409 e. The number of aliphatic hydroxyl groups excluding tert-OH is 1. The highest BCUT2D eigenvalue weighted by Gasteiger charge is 2.44. The Bertz CT molecular complexity index is 279. The van der Waals surface area contributed by atoms with Crippen molar-refractivity contribution in [1.29, 1.82) is 0 Å². The van der Waals surface area contributed by atoms with Crippen LogP contribution in [0.15, 0.2) is 5.16 Å². The molecule has 1 unspecified atom stereocenters. The van der Waals surface area contributed by atoms with Gasteiger partial charge in [-0.05, 0) is 20.9 Å². The maximum atomic E-state index is 12.6. The summed E-state index contributed by atoms with van der Waals surface area (Å²) >= 11 is 0. The predicted octanol–water partition coefficient (Wildman–Crippen LogP) is 0.614. The van der Waals surface area contributed by atoms with Crippen molar-refractivity contribution in [2.45, 2.75) is 25.6 Å². The van der Waals surface area contributed by atoms with E-state index in [1.807, 2.05) is 0 Å². The first-order valence-corrected chi connectivity index (χ1v) is 4.92. The molecule has 0 saturated heterocycles. The molecular formula is C9H18F3N3O2. The molecule has 0 fully saturated rings. The van der Waals surface area contributed by atoms with Gasteiger partial charge in [-0.15, -0.1) is 0 Å². The molecule has 0 bridgehead atoms. The summed E-state index contributed by atoms with van der Waals surface area (Å²) in [7, 11) is 1.43. The Morgan fingerprint density at radius 3 is 2.18 bits per heavy atom. The predicted molar refractivity (Wildman–Crippen MR) is 56.7 cm³/mol. The molecule has 0 amide bonds. The van der Waals surface area contributed by atoms with E-state index in [0.717, 1.165) is 0 Å². The summed E-state index contributed by atoms with van der Waals surface area (Å²) in [5.74, 6) is -2.96. The van der Waals surface area contributed by atoms with Crippen molar-refractivity contribution in [3.05, 3.63) is 0 Å². The fourth-order valence-electron chi connectivity index (χ4n) is 1.08. The van der Waals surface area contributed by atoms with Gasteiger partial charge in [0.2, 0.25) is 0 Å². The number of aliphatic hydroxyl groups is 1. The fourth-order valence-corrected chi connectivity index (χ4v) is 1.08. The van der Waals surface area contributed by atoms with Crippen LogP contribution in [0.3, 0.4) is 0 Å². The van der Waals surface area contributed by atoms with Crippen LogP contribution in [0, 0.1) is 5.92 Å². The van der Waals surface area contributed by atoms with E-state index >= 15 is 0 Å². The van der Waals surface area contributed by atoms with Crippen molar-refractivity contribution in [2.24, 2.45) is 16.8 Å². The summed E-state index contributed by atoms with van der Waals surface area (Å²) < 4.78 is 37.9. The van der Waals surface area contributed by atoms with Gasteiger partial charge in [0.1, 0.15) is 5.92 Å². The van der Waals surface area contributed by atoms with Crippen LogP contribution in [-0.2, 0) is 0 Å². The van der Waals surface area contributed by atoms with E-state index in [0.29, 0.717) is 0 Å². The van der Waals surface area contributed by atoms with E-state index in [1.54, 1.807) is 13.8 Å². The van der Waals surface area contributed by atoms with Gasteiger partial charge in [0, 0.05) is 12.1 Å². The van der Waals surface area contributed by atoms with Crippen LogP contribution < -0.4 is 5.73 Å². The number of likely N-dealkylation sites (N-methyl/N-ethyl adjacent to an activating group) is 1. The van der Waals surface area contributed by atoms with Gasteiger partial charge in [0.25, 0.3) is 0 Å². The second-order valence-corrected chi connectivity index (χ2v) is 4.47. The number of oxime groups is 1. The molecular weight excluding hydrogens is 239 g/mol. The van der Waals surface area contributed by atoms with Crippen LogP contribution in [0.25, 0.3) is 0 Å². The summed E-state index contributed by atoms with van der Waals surface area (Å²) in [6.07, 6.45) is -4.60. The molecule has 0 heterocycles. The van der Waals surface area contributed by atoms with Gasteiger partial charge < -0.3 is 16.0 Å². The molecule has 0 aliphatic heterocycles. The van der Waals surface area contributed by atoms with Gasteiger partial charge in [-0.3, -0.25) is 4.90 Å². The first-order chi connectivity index (χ1) is 7.56. The second-order valence-electron chi connectivity index (χ2n) is 4.47. The Kier molecular flexibility index (Phi) is 5.21. The number of hydrogen-bond donors (Lipinski definition) is 3. The lowest BCUT2D eigenvalue weighted by molar-refractivity contribution is -0.162. The van der Waals surface area contributed by atoms with Crippen LogP contribution in [-0.4, -0.2) is 53.0 Å². The van der Waals surface area contributed by atoms with Crippen LogP contribution in [0.2, 0.25) is 0 Å². The summed E-state index contributed by atoms with van der Waals surface area (Å²) in [5.41, 5.74) is 4.21. The quantitative estimate of drug-likeness (QED) is 0.292. The Morgan fingerprint density at radius 1 is 1.41 bits per heavy atom. The third-order valence-corrected chi connectivity index (χ3v) is 2.74. The molecule has 0 radical (unpaired) electrons. The Hall–Kier alpha value is -1.02. The van der Waals surface area contributed by atoms with E-state index in [-0.39, 0.29) is 6.61 Å². The Morgan fingerprint density at radius 2 is 1.88 bits per heavy atom. The maximum absolute atomic E-state index is 12.6. The molecule has 0 rings (SSSR count). The van der Waals surface area contributed by atoms with Crippen molar-refractivity contribution in [2.75, 3.05) is 20.2 Å². The number of nitrogens with zero attached hydrogens (tertiary/aromatic N) is 2. The van der Waals surface area contributed by atoms with E-state index in [2.05, 4.69) is 5.16 Å². The summed E-state index contributed by atoms with van der Waals surface area (Å²) in [6, 6.07) is 0. The van der Waals surface area contributed by atoms with Gasteiger partial charge in [-0.25, -0.2) is 0 Å². The molecule has 0 aliphatic carbocycles. The largest absolute Gasteiger partial charge is 0.409 e. The smallest absolute Gasteiger partial charge is 0.400 e. The Balaban J connectivity index is 4.91. The highest BCUT2D eigenvalue weighted by molar-refractivity contribution is 5.83. The fraction of sp³-hybridized carbons (Fsp3) is 0.889. The molecule has 5 nitrogen and oxygen atoms in total. The molecule has 8 heteroatoms. The van der Waals surface area contributed by atoms with E-state index in [1.165, 1.54) is 11.9 Å². The third-order valence-electron chi connectivity index (χ3n) is 2.74. The highest BCUT2D eigenvalue weighted by atomic mass is 19.4. The van der Waals surface area contributed by atoms with Crippen molar-refractivity contribution in [3.63, 3.8) is 0 Å². The summed E-state index contributed by atoms with van der Waals surface area (Å²) in [6.45, 7) is 2.39. The molecule has 17 heavy (non-hydrogen) atoms. The van der Waals surface area contributed by atoms with Crippen LogP contribution in [0.5, 0.6) is 0 Å². The number of halogens is 3. The van der Waals surface area contributed by atoms with Gasteiger partial charge >= 0.3 is 6.18 Å². The third kappa shape index (κ3) is 4.39. The molecule has 0 aromatic rings. The highest BCUT2D eigenvalue weighted by Crippen LogP contribution is 2.28. The van der Waals surface area contributed by atoms with Gasteiger partial charge in [0.05, 0.1) is 6.61 Å². The molecule has 0 aliphatic rings. The van der Waals surface area contributed by atoms with Gasteiger partial charge in [-0.2, -0.15) is 13.2 Å². The zero-order valence-electron chi connectivity index (χ0n) is 9.99. The Labute approximate surface area is 97.7 Å². The molecule has 0 saturated carbocycles. The lowest BCUT2D eigenvalue weighted by atomic mass is 10.0. The molecule has 0 spiro atoms. The number of nitrogens with two attached hydrogens (primary N) is 1. The molecule has 0 aromatic heterocycles. The van der Waals surface area contributed by atoms with Crippen LogP contribution in [0.1, 0.15) is 13.8 Å². The van der Waals surface area contributed by atoms with Crippen molar-refractivity contribution < 1.29 is 23.5 Å². The first-order valence-electron chi connectivity index (χ1n) is 4.92. The lowest BCUT2D eigenvalue weighted by Gasteiger charge is -2.36. The molecule has 1 atom stereocenters. The number of alkyl halides is 3. The number of amidine groups is 1. The standard InChI is InChI=1S/C9H18F3N3O2/c1-8(2,5-16)15(3)4-6(7(13)14-17)9(10,11)12/h6,16-17H,4-5H2,1-3H3,(H2,13,14). The van der Waals surface area contributed by atoms with E-state index < -0.39 is 30.0 Å². The second kappa shape index (κ2) is 5.54. The van der Waals surface area contributed by atoms with E-state index in [9.17, 15) is 13.2 Å². The monoisotopic (exact) mass is 257 g/mol. The minimum absolute atomic E-state index is 0.301. The lowest BCUT2D eigenvalue weighted by Crippen LogP contribution is -2.51. The van der Waals surface area contributed by atoms with Crippen LogP contribution >= 0.6 is 0 Å². The SMILES string of the molecule is CN(CC(C(N)=NO)C(F)(F)F)C(C)(C)CO. The molecule has 0 aromatic carbocycles. The molecule has 102 valence electrons. The zero-order valence-corrected chi connectivity index (χ0v) is 9.99. The number of hydrogen-bond acceptors (Lipinski definition) is 4. The molecule has 4 N–H and O–H groups in total. The minimum atomic E-state index is -4.60. The van der Waals surface area contributed by atoms with Gasteiger partial charge in [-0.1, -0.05) is 5.16 Å². The van der Waals surface area contributed by atoms with Crippen LogP contribution in [0.4, 0.5) is 13.2 Å². The summed E-state index contributed by atoms with van der Waals surface area (Å²) in [5, 5.41) is 19.8.